The number of carbonyl (C=O) groups excluding carboxylic acids is 3. The van der Waals surface area contributed by atoms with Gasteiger partial charge < -0.3 is 10.6 Å². The summed E-state index contributed by atoms with van der Waals surface area (Å²) in [4.78, 5) is 39.3. The molecule has 0 spiro atoms. The molecule has 0 saturated carbocycles. The van der Waals surface area contributed by atoms with E-state index >= 15 is 0 Å². The zero-order valence-electron chi connectivity index (χ0n) is 17.2. The molecule has 1 aliphatic rings. The van der Waals surface area contributed by atoms with Gasteiger partial charge in [0.05, 0.1) is 5.69 Å². The summed E-state index contributed by atoms with van der Waals surface area (Å²) in [6.07, 6.45) is 0. The predicted octanol–water partition coefficient (Wildman–Crippen LogP) is 5.94. The molecule has 0 fully saturated rings. The lowest BCUT2D eigenvalue weighted by Crippen LogP contribution is -2.32. The molecule has 0 atom stereocenters. The Morgan fingerprint density at radius 3 is 2.42 bits per heavy atom. The summed E-state index contributed by atoms with van der Waals surface area (Å²) in [5, 5.41) is 5.90. The monoisotopic (exact) mass is 591 g/mol. The summed E-state index contributed by atoms with van der Waals surface area (Å²) >= 11 is 14.4. The molecule has 33 heavy (non-hydrogen) atoms. The van der Waals surface area contributed by atoms with Crippen LogP contribution in [0.15, 0.2) is 77.5 Å². The fourth-order valence-electron chi connectivity index (χ4n) is 3.31. The number of anilines is 3. The quantitative estimate of drug-likeness (QED) is 0.284. The molecule has 1 heterocycles. The number of nitrogens with one attached hydrogen (secondary N) is 2. The van der Waals surface area contributed by atoms with Crippen molar-refractivity contribution in [2.24, 2.45) is 0 Å². The second kappa shape index (κ2) is 9.54. The number of halogens is 3. The van der Waals surface area contributed by atoms with Crippen molar-refractivity contribution in [2.45, 2.75) is 6.92 Å². The second-order valence-electron chi connectivity index (χ2n) is 7.23. The standard InChI is InChI=1S/C24H16Cl2IN3O3/c1-13-10-16(27)8-9-19(13)29-22(31)14-4-2-6-17(11-14)28-21-20(26)23(32)30(24(21)33)18-7-3-5-15(25)12-18/h2-12,28H,1H3,(H,29,31). The van der Waals surface area contributed by atoms with E-state index in [0.717, 1.165) is 14.0 Å². The minimum Gasteiger partial charge on any atom is -0.350 e. The molecule has 3 aromatic rings. The molecule has 0 bridgehead atoms. The van der Waals surface area contributed by atoms with Crippen LogP contribution < -0.4 is 15.5 Å². The van der Waals surface area contributed by atoms with Crippen molar-refractivity contribution in [1.82, 2.24) is 0 Å². The Kier molecular flexibility index (Phi) is 6.73. The SMILES string of the molecule is Cc1cc(I)ccc1NC(=O)c1cccc(NC2=C(Cl)C(=O)N(c3cccc(Cl)c3)C2=O)c1. The largest absolute Gasteiger partial charge is 0.350 e. The van der Waals surface area contributed by atoms with Gasteiger partial charge in [-0.25, -0.2) is 4.90 Å². The number of aryl methyl sites for hydroxylation is 1. The molecule has 166 valence electrons. The molecule has 0 radical (unpaired) electrons. The Hall–Kier alpha value is -2.88. The highest BCUT2D eigenvalue weighted by Crippen LogP contribution is 2.31. The van der Waals surface area contributed by atoms with Crippen molar-refractivity contribution in [3.8, 4) is 0 Å². The first-order valence-electron chi connectivity index (χ1n) is 9.73. The van der Waals surface area contributed by atoms with E-state index in [1.165, 1.54) is 6.07 Å². The van der Waals surface area contributed by atoms with Gasteiger partial charge in [0.25, 0.3) is 17.7 Å². The lowest BCUT2D eigenvalue weighted by molar-refractivity contribution is -0.120. The first-order valence-corrected chi connectivity index (χ1v) is 11.6. The van der Waals surface area contributed by atoms with Gasteiger partial charge in [-0.1, -0.05) is 35.3 Å². The van der Waals surface area contributed by atoms with Crippen LogP contribution in [0.5, 0.6) is 0 Å². The number of hydrogen-bond donors (Lipinski definition) is 2. The summed E-state index contributed by atoms with van der Waals surface area (Å²) in [6, 6.07) is 18.6. The van der Waals surface area contributed by atoms with Crippen LogP contribution >= 0.6 is 45.8 Å². The van der Waals surface area contributed by atoms with Gasteiger partial charge in [-0.2, -0.15) is 0 Å². The Balaban J connectivity index is 1.55. The minimum atomic E-state index is -0.658. The average molecular weight is 592 g/mol. The smallest absolute Gasteiger partial charge is 0.283 e. The second-order valence-corrected chi connectivity index (χ2v) is 9.29. The van der Waals surface area contributed by atoms with Gasteiger partial charge >= 0.3 is 0 Å². The Morgan fingerprint density at radius 2 is 1.70 bits per heavy atom. The van der Waals surface area contributed by atoms with Crippen LogP contribution in [-0.2, 0) is 9.59 Å². The van der Waals surface area contributed by atoms with Crippen LogP contribution in [0, 0.1) is 10.5 Å². The zero-order chi connectivity index (χ0) is 23.7. The minimum absolute atomic E-state index is 0.0762. The Morgan fingerprint density at radius 1 is 0.939 bits per heavy atom. The number of carbonyl (C=O) groups is 3. The lowest BCUT2D eigenvalue weighted by atomic mass is 10.1. The van der Waals surface area contributed by atoms with Gasteiger partial charge in [0.1, 0.15) is 10.7 Å². The van der Waals surface area contributed by atoms with E-state index in [4.69, 9.17) is 23.2 Å². The van der Waals surface area contributed by atoms with Crippen molar-refractivity contribution in [2.75, 3.05) is 15.5 Å². The van der Waals surface area contributed by atoms with Crippen LogP contribution in [0.25, 0.3) is 0 Å². The Bertz CT molecular complexity index is 1340. The van der Waals surface area contributed by atoms with Crippen molar-refractivity contribution < 1.29 is 14.4 Å². The maximum absolute atomic E-state index is 12.9. The van der Waals surface area contributed by atoms with Crippen LogP contribution in [0.3, 0.4) is 0 Å². The summed E-state index contributed by atoms with van der Waals surface area (Å²) in [6.45, 7) is 1.92. The maximum Gasteiger partial charge on any atom is 0.283 e. The van der Waals surface area contributed by atoms with Crippen LogP contribution in [0.2, 0.25) is 5.02 Å². The van der Waals surface area contributed by atoms with Crippen molar-refractivity contribution in [3.05, 3.63) is 97.2 Å². The fraction of sp³-hybridized carbons (Fsp3) is 0.0417. The molecule has 0 unspecified atom stereocenters. The fourth-order valence-corrected chi connectivity index (χ4v) is 4.35. The number of nitrogens with zero attached hydrogens (tertiary/aromatic N) is 1. The molecular weight excluding hydrogens is 576 g/mol. The van der Waals surface area contributed by atoms with E-state index in [-0.39, 0.29) is 16.6 Å². The highest BCUT2D eigenvalue weighted by Gasteiger charge is 2.39. The molecule has 9 heteroatoms. The van der Waals surface area contributed by atoms with E-state index in [2.05, 4.69) is 33.2 Å². The van der Waals surface area contributed by atoms with Crippen molar-refractivity contribution >= 4 is 80.6 Å². The third kappa shape index (κ3) is 4.90. The molecule has 6 nitrogen and oxygen atoms in total. The number of hydrogen-bond acceptors (Lipinski definition) is 4. The van der Waals surface area contributed by atoms with Crippen LogP contribution in [0.4, 0.5) is 17.1 Å². The summed E-state index contributed by atoms with van der Waals surface area (Å²) < 4.78 is 1.07. The molecule has 1 aliphatic heterocycles. The van der Waals surface area contributed by atoms with Gasteiger partial charge in [0.15, 0.2) is 0 Å². The molecule has 3 amide bonds. The third-order valence-electron chi connectivity index (χ3n) is 4.92. The molecule has 0 saturated heterocycles. The van der Waals surface area contributed by atoms with Crippen molar-refractivity contribution in [1.29, 1.82) is 0 Å². The summed E-state index contributed by atoms with van der Waals surface area (Å²) in [5.74, 6) is -1.58. The first-order chi connectivity index (χ1) is 15.7. The number of imide groups is 1. The molecule has 0 aromatic heterocycles. The van der Waals surface area contributed by atoms with E-state index in [1.54, 1.807) is 42.5 Å². The summed E-state index contributed by atoms with van der Waals surface area (Å²) in [7, 11) is 0. The topological polar surface area (TPSA) is 78.5 Å². The van der Waals surface area contributed by atoms with E-state index < -0.39 is 11.8 Å². The van der Waals surface area contributed by atoms with Crippen LogP contribution in [0.1, 0.15) is 15.9 Å². The van der Waals surface area contributed by atoms with Crippen LogP contribution in [-0.4, -0.2) is 17.7 Å². The highest BCUT2D eigenvalue weighted by molar-refractivity contribution is 14.1. The van der Waals surface area contributed by atoms with Gasteiger partial charge in [-0.05, 0) is 89.7 Å². The van der Waals surface area contributed by atoms with E-state index in [1.807, 2.05) is 25.1 Å². The molecule has 0 aliphatic carbocycles. The average Bonchev–Trinajstić information content (AvgIpc) is 2.99. The van der Waals surface area contributed by atoms with Gasteiger partial charge in [0, 0.05) is 25.5 Å². The third-order valence-corrected chi connectivity index (χ3v) is 6.18. The zero-order valence-corrected chi connectivity index (χ0v) is 20.8. The van der Waals surface area contributed by atoms with Crippen molar-refractivity contribution in [3.63, 3.8) is 0 Å². The van der Waals surface area contributed by atoms with Gasteiger partial charge in [-0.15, -0.1) is 0 Å². The molecular formula is C24H16Cl2IN3O3. The molecule has 4 rings (SSSR count). The van der Waals surface area contributed by atoms with Gasteiger partial charge in [-0.3, -0.25) is 14.4 Å². The molecule has 3 aromatic carbocycles. The van der Waals surface area contributed by atoms with Gasteiger partial charge in [0.2, 0.25) is 0 Å². The summed E-state index contributed by atoms with van der Waals surface area (Å²) in [5.41, 5.74) is 2.69. The Labute approximate surface area is 213 Å². The highest BCUT2D eigenvalue weighted by atomic mass is 127. The number of rotatable bonds is 5. The maximum atomic E-state index is 12.9. The first kappa shape index (κ1) is 23.3. The molecule has 2 N–H and O–H groups in total. The van der Waals surface area contributed by atoms with E-state index in [0.29, 0.717) is 27.6 Å². The number of benzene rings is 3. The predicted molar refractivity (Wildman–Crippen MR) is 139 cm³/mol. The number of amides is 3. The lowest BCUT2D eigenvalue weighted by Gasteiger charge is -2.15. The van der Waals surface area contributed by atoms with E-state index in [9.17, 15) is 14.4 Å². The normalized spacial score (nSPS) is 13.5.